The van der Waals surface area contributed by atoms with Crippen LogP contribution < -0.4 is 9.47 Å². The minimum atomic E-state index is 0.151. The van der Waals surface area contributed by atoms with E-state index < -0.39 is 0 Å². The van der Waals surface area contributed by atoms with Gasteiger partial charge in [0.1, 0.15) is 12.7 Å². The maximum absolute atomic E-state index is 6.06. The molecule has 1 aliphatic heterocycles. The molecule has 20 heavy (non-hydrogen) atoms. The highest BCUT2D eigenvalue weighted by molar-refractivity contribution is 5.40. The highest BCUT2D eigenvalue weighted by atomic mass is 16.6. The first-order valence-corrected chi connectivity index (χ1v) is 7.94. The Labute approximate surface area is 122 Å². The molecule has 0 aromatic heterocycles. The van der Waals surface area contributed by atoms with Crippen LogP contribution in [0.5, 0.6) is 11.5 Å². The maximum Gasteiger partial charge on any atom is 0.161 e. The third-order valence-corrected chi connectivity index (χ3v) is 3.69. The van der Waals surface area contributed by atoms with Crippen LogP contribution in [0.4, 0.5) is 0 Å². The van der Waals surface area contributed by atoms with E-state index in [0.29, 0.717) is 6.61 Å². The average molecular weight is 277 g/mol. The van der Waals surface area contributed by atoms with Crippen molar-refractivity contribution >= 4 is 0 Å². The van der Waals surface area contributed by atoms with Crippen molar-refractivity contribution < 1.29 is 9.47 Å². The predicted molar refractivity (Wildman–Crippen MR) is 82.6 cm³/mol. The Morgan fingerprint density at radius 2 is 1.70 bits per heavy atom. The second kappa shape index (κ2) is 8.15. The fourth-order valence-corrected chi connectivity index (χ4v) is 2.50. The largest absolute Gasteiger partial charge is 0.486 e. The molecule has 3 nitrogen and oxygen atoms in total. The number of hydrogen-bond acceptors (Lipinski definition) is 3. The summed E-state index contributed by atoms with van der Waals surface area (Å²) in [5, 5.41) is 0. The Balaban J connectivity index is 1.87. The number of unbranched alkanes of at least 4 members (excludes halogenated alkanes) is 2. The van der Waals surface area contributed by atoms with Gasteiger partial charge in [0.2, 0.25) is 0 Å². The fourth-order valence-electron chi connectivity index (χ4n) is 2.50. The summed E-state index contributed by atoms with van der Waals surface area (Å²) in [4.78, 5) is 2.52. The van der Waals surface area contributed by atoms with E-state index in [1.54, 1.807) is 0 Å². The number of hydrogen-bond donors (Lipinski definition) is 0. The zero-order valence-electron chi connectivity index (χ0n) is 12.8. The molecule has 0 spiro atoms. The van der Waals surface area contributed by atoms with Gasteiger partial charge in [-0.1, -0.05) is 38.8 Å². The van der Waals surface area contributed by atoms with Gasteiger partial charge in [-0.2, -0.15) is 0 Å². The Hall–Kier alpha value is -1.22. The lowest BCUT2D eigenvalue weighted by Gasteiger charge is -2.31. The summed E-state index contributed by atoms with van der Waals surface area (Å²) >= 11 is 0. The Bertz CT molecular complexity index is 386. The molecule has 3 heteroatoms. The van der Waals surface area contributed by atoms with Gasteiger partial charge in [0.25, 0.3) is 0 Å². The Kier molecular flexibility index (Phi) is 6.19. The Morgan fingerprint density at radius 1 is 1.05 bits per heavy atom. The van der Waals surface area contributed by atoms with E-state index in [-0.39, 0.29) is 6.10 Å². The van der Waals surface area contributed by atoms with Gasteiger partial charge in [-0.3, -0.25) is 4.90 Å². The predicted octanol–water partition coefficient (Wildman–Crippen LogP) is 3.73. The number of para-hydroxylation sites is 2. The van der Waals surface area contributed by atoms with E-state index in [0.717, 1.165) is 31.1 Å². The standard InChI is InChI=1S/C17H27NO2/c1-3-5-11-18(12-6-4-2)13-15-14-19-16-9-7-8-10-17(16)20-15/h7-10,15H,3-6,11-14H2,1-2H3. The van der Waals surface area contributed by atoms with Crippen molar-refractivity contribution in [1.29, 1.82) is 0 Å². The Morgan fingerprint density at radius 3 is 2.35 bits per heavy atom. The van der Waals surface area contributed by atoms with Crippen LogP contribution in [0.15, 0.2) is 24.3 Å². The lowest BCUT2D eigenvalue weighted by Crippen LogP contribution is -2.41. The summed E-state index contributed by atoms with van der Waals surface area (Å²) in [5.74, 6) is 1.76. The van der Waals surface area contributed by atoms with Gasteiger partial charge in [-0.15, -0.1) is 0 Å². The summed E-state index contributed by atoms with van der Waals surface area (Å²) in [7, 11) is 0. The van der Waals surface area contributed by atoms with Gasteiger partial charge in [0.05, 0.1) is 0 Å². The van der Waals surface area contributed by atoms with Crippen molar-refractivity contribution in [2.75, 3.05) is 26.2 Å². The van der Waals surface area contributed by atoms with E-state index in [2.05, 4.69) is 18.7 Å². The van der Waals surface area contributed by atoms with Crippen molar-refractivity contribution in [1.82, 2.24) is 4.90 Å². The molecule has 0 amide bonds. The van der Waals surface area contributed by atoms with Crippen molar-refractivity contribution in [3.8, 4) is 11.5 Å². The van der Waals surface area contributed by atoms with Crippen LogP contribution in [0.1, 0.15) is 39.5 Å². The monoisotopic (exact) mass is 277 g/mol. The molecule has 2 rings (SSSR count). The quantitative estimate of drug-likeness (QED) is 0.722. The molecule has 0 aliphatic carbocycles. The van der Waals surface area contributed by atoms with Crippen LogP contribution in [0.2, 0.25) is 0 Å². The number of rotatable bonds is 8. The van der Waals surface area contributed by atoms with Crippen LogP contribution in [-0.2, 0) is 0 Å². The number of fused-ring (bicyclic) bond motifs is 1. The van der Waals surface area contributed by atoms with Crippen LogP contribution in [0.25, 0.3) is 0 Å². The molecule has 0 saturated carbocycles. The molecule has 1 heterocycles. The average Bonchev–Trinajstić information content (AvgIpc) is 2.50. The first-order chi connectivity index (χ1) is 9.83. The second-order valence-corrected chi connectivity index (χ2v) is 5.51. The molecule has 0 saturated heterocycles. The molecule has 0 fully saturated rings. The summed E-state index contributed by atoms with van der Waals surface area (Å²) in [6.45, 7) is 8.44. The zero-order valence-corrected chi connectivity index (χ0v) is 12.8. The summed E-state index contributed by atoms with van der Waals surface area (Å²) in [6.07, 6.45) is 5.15. The van der Waals surface area contributed by atoms with Crippen LogP contribution in [0.3, 0.4) is 0 Å². The molecule has 112 valence electrons. The molecule has 0 radical (unpaired) electrons. The normalized spacial score (nSPS) is 17.4. The first kappa shape index (κ1) is 15.2. The highest BCUT2D eigenvalue weighted by Crippen LogP contribution is 2.31. The van der Waals surface area contributed by atoms with Crippen molar-refractivity contribution in [3.05, 3.63) is 24.3 Å². The van der Waals surface area contributed by atoms with E-state index in [9.17, 15) is 0 Å². The maximum atomic E-state index is 6.06. The summed E-state index contributed by atoms with van der Waals surface area (Å²) in [6, 6.07) is 7.94. The second-order valence-electron chi connectivity index (χ2n) is 5.51. The van der Waals surface area contributed by atoms with Gasteiger partial charge >= 0.3 is 0 Å². The van der Waals surface area contributed by atoms with E-state index in [1.807, 2.05) is 24.3 Å². The SMILES string of the molecule is CCCCN(CCCC)CC1COc2ccccc2O1. The fraction of sp³-hybridized carbons (Fsp3) is 0.647. The number of nitrogens with zero attached hydrogens (tertiary/aromatic N) is 1. The lowest BCUT2D eigenvalue weighted by atomic mass is 10.2. The van der Waals surface area contributed by atoms with E-state index in [4.69, 9.17) is 9.47 Å². The molecule has 1 unspecified atom stereocenters. The molecular formula is C17H27NO2. The molecule has 1 aliphatic rings. The minimum absolute atomic E-state index is 0.151. The minimum Gasteiger partial charge on any atom is -0.486 e. The third kappa shape index (κ3) is 4.41. The molecule has 1 aromatic rings. The van der Waals surface area contributed by atoms with Crippen LogP contribution in [-0.4, -0.2) is 37.2 Å². The van der Waals surface area contributed by atoms with Crippen LogP contribution >= 0.6 is 0 Å². The molecule has 1 aromatic carbocycles. The van der Waals surface area contributed by atoms with Gasteiger partial charge in [0.15, 0.2) is 11.5 Å². The van der Waals surface area contributed by atoms with Crippen molar-refractivity contribution in [3.63, 3.8) is 0 Å². The molecule has 1 atom stereocenters. The molecule has 0 N–H and O–H groups in total. The topological polar surface area (TPSA) is 21.7 Å². The third-order valence-electron chi connectivity index (χ3n) is 3.69. The summed E-state index contributed by atoms with van der Waals surface area (Å²) in [5.41, 5.74) is 0. The summed E-state index contributed by atoms with van der Waals surface area (Å²) < 4.78 is 11.8. The van der Waals surface area contributed by atoms with Gasteiger partial charge < -0.3 is 9.47 Å². The molecular weight excluding hydrogens is 250 g/mol. The lowest BCUT2D eigenvalue weighted by molar-refractivity contribution is 0.0578. The van der Waals surface area contributed by atoms with Crippen molar-refractivity contribution in [2.45, 2.75) is 45.6 Å². The van der Waals surface area contributed by atoms with Gasteiger partial charge in [0, 0.05) is 6.54 Å². The van der Waals surface area contributed by atoms with Crippen LogP contribution in [0, 0.1) is 0 Å². The highest BCUT2D eigenvalue weighted by Gasteiger charge is 2.22. The van der Waals surface area contributed by atoms with Gasteiger partial charge in [-0.25, -0.2) is 0 Å². The first-order valence-electron chi connectivity index (χ1n) is 7.94. The van der Waals surface area contributed by atoms with Gasteiger partial charge in [-0.05, 0) is 38.1 Å². The van der Waals surface area contributed by atoms with E-state index in [1.165, 1.54) is 25.7 Å². The molecule has 0 bridgehead atoms. The zero-order chi connectivity index (χ0) is 14.2. The van der Waals surface area contributed by atoms with E-state index >= 15 is 0 Å². The van der Waals surface area contributed by atoms with Crippen molar-refractivity contribution in [2.24, 2.45) is 0 Å². The number of benzene rings is 1. The smallest absolute Gasteiger partial charge is 0.161 e. The number of ether oxygens (including phenoxy) is 2.